The Bertz CT molecular complexity index is 820. The summed E-state index contributed by atoms with van der Waals surface area (Å²) in [6, 6.07) is 17.0. The molecule has 0 aromatic heterocycles. The SMILES string of the molecule is C[NH+](CCOc1ccccc1)CC(=O)N1c2ccccc2NC(=O)C1(C)C. The fourth-order valence-corrected chi connectivity index (χ4v) is 3.18. The normalized spacial score (nSPS) is 16.3. The van der Waals surface area contributed by atoms with Gasteiger partial charge in [-0.05, 0) is 38.1 Å². The molecule has 6 nitrogen and oxygen atoms in total. The first-order valence-electron chi connectivity index (χ1n) is 9.12. The molecule has 142 valence electrons. The van der Waals surface area contributed by atoms with E-state index in [2.05, 4.69) is 5.32 Å². The van der Waals surface area contributed by atoms with Crippen LogP contribution in [0.15, 0.2) is 54.6 Å². The molecule has 0 aliphatic carbocycles. The highest BCUT2D eigenvalue weighted by Gasteiger charge is 2.44. The number of amides is 2. The molecule has 3 rings (SSSR count). The van der Waals surface area contributed by atoms with Crippen molar-refractivity contribution in [1.82, 2.24) is 0 Å². The molecular formula is C21H26N3O3+. The maximum Gasteiger partial charge on any atom is 0.283 e. The predicted octanol–water partition coefficient (Wildman–Crippen LogP) is 1.34. The Morgan fingerprint density at radius 1 is 1.11 bits per heavy atom. The van der Waals surface area contributed by atoms with E-state index in [0.29, 0.717) is 18.8 Å². The minimum Gasteiger partial charge on any atom is -0.488 e. The summed E-state index contributed by atoms with van der Waals surface area (Å²) in [6.45, 7) is 5.02. The van der Waals surface area contributed by atoms with Crippen molar-refractivity contribution >= 4 is 23.2 Å². The van der Waals surface area contributed by atoms with Crippen molar-refractivity contribution in [1.29, 1.82) is 0 Å². The van der Waals surface area contributed by atoms with Crippen molar-refractivity contribution in [3.8, 4) is 5.75 Å². The van der Waals surface area contributed by atoms with Crippen molar-refractivity contribution in [2.75, 3.05) is 37.0 Å². The molecule has 1 heterocycles. The van der Waals surface area contributed by atoms with Crippen molar-refractivity contribution in [2.45, 2.75) is 19.4 Å². The molecule has 2 amide bonds. The molecular weight excluding hydrogens is 342 g/mol. The van der Waals surface area contributed by atoms with Crippen LogP contribution in [0, 0.1) is 0 Å². The maximum absolute atomic E-state index is 13.0. The number of hydrogen-bond acceptors (Lipinski definition) is 3. The van der Waals surface area contributed by atoms with E-state index in [0.717, 1.165) is 16.3 Å². The van der Waals surface area contributed by atoms with E-state index in [4.69, 9.17) is 4.74 Å². The van der Waals surface area contributed by atoms with Crippen LogP contribution in [0.4, 0.5) is 11.4 Å². The van der Waals surface area contributed by atoms with Gasteiger partial charge in [-0.25, -0.2) is 0 Å². The Morgan fingerprint density at radius 3 is 2.52 bits per heavy atom. The summed E-state index contributed by atoms with van der Waals surface area (Å²) < 4.78 is 5.71. The summed E-state index contributed by atoms with van der Waals surface area (Å²) in [4.78, 5) is 28.2. The third-order valence-electron chi connectivity index (χ3n) is 4.75. The topological polar surface area (TPSA) is 63.1 Å². The highest BCUT2D eigenvalue weighted by molar-refractivity contribution is 6.14. The summed E-state index contributed by atoms with van der Waals surface area (Å²) in [6.07, 6.45) is 0. The van der Waals surface area contributed by atoms with E-state index in [1.807, 2.05) is 61.6 Å². The van der Waals surface area contributed by atoms with Gasteiger partial charge < -0.3 is 15.0 Å². The van der Waals surface area contributed by atoms with E-state index in [1.165, 1.54) is 0 Å². The fraction of sp³-hybridized carbons (Fsp3) is 0.333. The second kappa shape index (κ2) is 7.80. The van der Waals surface area contributed by atoms with Gasteiger partial charge in [-0.1, -0.05) is 30.3 Å². The van der Waals surface area contributed by atoms with E-state index < -0.39 is 5.54 Å². The van der Waals surface area contributed by atoms with Gasteiger partial charge in [0.25, 0.3) is 5.91 Å². The first kappa shape index (κ1) is 18.9. The number of quaternary nitrogens is 1. The third kappa shape index (κ3) is 4.11. The van der Waals surface area contributed by atoms with Gasteiger partial charge in [0.15, 0.2) is 6.54 Å². The molecule has 1 atom stereocenters. The number of carbonyl (C=O) groups is 2. The monoisotopic (exact) mass is 368 g/mol. The van der Waals surface area contributed by atoms with Gasteiger partial charge in [0.1, 0.15) is 24.4 Å². The van der Waals surface area contributed by atoms with Crippen LogP contribution in [0.1, 0.15) is 13.8 Å². The number of nitrogens with zero attached hydrogens (tertiary/aromatic N) is 1. The smallest absolute Gasteiger partial charge is 0.283 e. The molecule has 0 saturated heterocycles. The quantitative estimate of drug-likeness (QED) is 0.809. The van der Waals surface area contributed by atoms with Crippen LogP contribution in [0.25, 0.3) is 0 Å². The molecule has 1 aliphatic rings. The number of benzene rings is 2. The number of para-hydroxylation sites is 3. The summed E-state index contributed by atoms with van der Waals surface area (Å²) in [5.74, 6) is 0.554. The zero-order chi connectivity index (χ0) is 19.4. The summed E-state index contributed by atoms with van der Waals surface area (Å²) in [7, 11) is 1.95. The fourth-order valence-electron chi connectivity index (χ4n) is 3.18. The van der Waals surface area contributed by atoms with Crippen LogP contribution in [0.2, 0.25) is 0 Å². The van der Waals surface area contributed by atoms with Crippen molar-refractivity contribution in [3.05, 3.63) is 54.6 Å². The Morgan fingerprint density at radius 2 is 1.78 bits per heavy atom. The van der Waals surface area contributed by atoms with Crippen LogP contribution in [-0.4, -0.2) is 44.1 Å². The second-order valence-corrected chi connectivity index (χ2v) is 7.30. The van der Waals surface area contributed by atoms with Gasteiger partial charge in [0.05, 0.1) is 18.4 Å². The Kier molecular flexibility index (Phi) is 5.46. The number of fused-ring (bicyclic) bond motifs is 1. The van der Waals surface area contributed by atoms with E-state index >= 15 is 0 Å². The van der Waals surface area contributed by atoms with Crippen LogP contribution < -0.4 is 19.9 Å². The number of rotatable bonds is 6. The second-order valence-electron chi connectivity index (χ2n) is 7.30. The zero-order valence-corrected chi connectivity index (χ0v) is 16.0. The number of ether oxygens (including phenoxy) is 1. The van der Waals surface area contributed by atoms with E-state index in [1.54, 1.807) is 18.7 Å². The number of hydrogen-bond donors (Lipinski definition) is 2. The van der Waals surface area contributed by atoms with Gasteiger partial charge in [0, 0.05) is 0 Å². The average molecular weight is 368 g/mol. The molecule has 2 aromatic carbocycles. The highest BCUT2D eigenvalue weighted by Crippen LogP contribution is 2.36. The standard InChI is InChI=1S/C21H25N3O3/c1-21(2)20(26)22-17-11-7-8-12-18(17)24(21)19(25)15-23(3)13-14-27-16-9-5-4-6-10-16/h4-12H,13-15H2,1-3H3,(H,22,26)/p+1. The van der Waals surface area contributed by atoms with Gasteiger partial charge in [-0.15, -0.1) is 0 Å². The lowest BCUT2D eigenvalue weighted by Crippen LogP contribution is -3.11. The van der Waals surface area contributed by atoms with Gasteiger partial charge >= 0.3 is 0 Å². The van der Waals surface area contributed by atoms with Crippen molar-refractivity contribution in [2.24, 2.45) is 0 Å². The van der Waals surface area contributed by atoms with E-state index in [-0.39, 0.29) is 18.4 Å². The average Bonchev–Trinajstić information content (AvgIpc) is 2.63. The first-order valence-corrected chi connectivity index (χ1v) is 9.12. The lowest BCUT2D eigenvalue weighted by Gasteiger charge is -2.42. The maximum atomic E-state index is 13.0. The van der Waals surface area contributed by atoms with Gasteiger partial charge in [-0.2, -0.15) is 0 Å². The van der Waals surface area contributed by atoms with Crippen LogP contribution in [0.3, 0.4) is 0 Å². The van der Waals surface area contributed by atoms with Crippen LogP contribution in [0.5, 0.6) is 5.75 Å². The summed E-state index contributed by atoms with van der Waals surface area (Å²) in [5, 5.41) is 2.88. The largest absolute Gasteiger partial charge is 0.488 e. The Hall–Kier alpha value is -2.86. The molecule has 0 fully saturated rings. The molecule has 6 heteroatoms. The number of carbonyl (C=O) groups excluding carboxylic acids is 2. The number of nitrogens with one attached hydrogen (secondary N) is 2. The molecule has 2 N–H and O–H groups in total. The van der Waals surface area contributed by atoms with E-state index in [9.17, 15) is 9.59 Å². The summed E-state index contributed by atoms with van der Waals surface area (Å²) in [5.41, 5.74) is 0.465. The van der Waals surface area contributed by atoms with Crippen molar-refractivity contribution < 1.29 is 19.2 Å². The zero-order valence-electron chi connectivity index (χ0n) is 16.0. The van der Waals surface area contributed by atoms with Crippen LogP contribution in [-0.2, 0) is 9.59 Å². The molecule has 0 saturated carbocycles. The van der Waals surface area contributed by atoms with Gasteiger partial charge in [-0.3, -0.25) is 14.5 Å². The molecule has 0 radical (unpaired) electrons. The van der Waals surface area contributed by atoms with Crippen molar-refractivity contribution in [3.63, 3.8) is 0 Å². The minimum atomic E-state index is -0.938. The Labute approximate surface area is 159 Å². The molecule has 27 heavy (non-hydrogen) atoms. The third-order valence-corrected chi connectivity index (χ3v) is 4.75. The number of anilines is 2. The van der Waals surface area contributed by atoms with Crippen LogP contribution >= 0.6 is 0 Å². The highest BCUT2D eigenvalue weighted by atomic mass is 16.5. The Balaban J connectivity index is 1.64. The minimum absolute atomic E-state index is 0.0838. The lowest BCUT2D eigenvalue weighted by molar-refractivity contribution is -0.871. The molecule has 1 unspecified atom stereocenters. The predicted molar refractivity (Wildman–Crippen MR) is 105 cm³/mol. The molecule has 0 spiro atoms. The molecule has 0 bridgehead atoms. The number of likely N-dealkylation sites (N-methyl/N-ethyl adjacent to an activating group) is 1. The summed E-state index contributed by atoms with van der Waals surface area (Å²) >= 11 is 0. The first-order chi connectivity index (χ1) is 12.9. The molecule has 1 aliphatic heterocycles. The molecule has 2 aromatic rings. The van der Waals surface area contributed by atoms with Gasteiger partial charge in [0.2, 0.25) is 5.91 Å². The lowest BCUT2D eigenvalue weighted by atomic mass is 9.96.